The van der Waals surface area contributed by atoms with Crippen molar-refractivity contribution in [3.05, 3.63) is 47.5 Å². The Labute approximate surface area is 337 Å². The van der Waals surface area contributed by atoms with Crippen molar-refractivity contribution in [1.82, 2.24) is 0 Å². The van der Waals surface area contributed by atoms with Gasteiger partial charge >= 0.3 is 11.9 Å². The molecule has 2 bridgehead atoms. The van der Waals surface area contributed by atoms with E-state index in [4.69, 9.17) is 9.47 Å². The molecule has 0 amide bonds. The van der Waals surface area contributed by atoms with Gasteiger partial charge < -0.3 is 19.7 Å². The molecule has 5 aliphatic carbocycles. The van der Waals surface area contributed by atoms with E-state index in [9.17, 15) is 19.8 Å². The smallest absolute Gasteiger partial charge is 0.331 e. The molecule has 306 valence electrons. The van der Waals surface area contributed by atoms with Gasteiger partial charge in [0.05, 0.1) is 23.5 Å². The van der Waals surface area contributed by atoms with E-state index in [0.717, 1.165) is 44.1 Å². The Balaban J connectivity index is 1.15. The second-order valence-corrected chi connectivity index (χ2v) is 20.9. The lowest BCUT2D eigenvalue weighted by Crippen LogP contribution is -2.76. The molecule has 8 rings (SSSR count). The van der Waals surface area contributed by atoms with Crippen molar-refractivity contribution >= 4 is 11.9 Å². The molecule has 5 saturated carbocycles. The Morgan fingerprint density at radius 1 is 0.893 bits per heavy atom. The third-order valence-electron chi connectivity index (χ3n) is 17.6. The summed E-state index contributed by atoms with van der Waals surface area (Å²) in [5.74, 6) is 7.15. The summed E-state index contributed by atoms with van der Waals surface area (Å²) in [6.07, 6.45) is 23.1. The molecule has 10 unspecified atom stereocenters. The van der Waals surface area contributed by atoms with Crippen molar-refractivity contribution in [3.8, 4) is 11.8 Å². The number of esters is 2. The van der Waals surface area contributed by atoms with Gasteiger partial charge in [0.1, 0.15) is 12.7 Å². The summed E-state index contributed by atoms with van der Waals surface area (Å²) in [4.78, 5) is 25.9. The molecule has 2 aliphatic heterocycles. The number of fused-ring (bicyclic) bond motifs is 4. The molecule has 7 aliphatic rings. The number of benzene rings is 1. The van der Waals surface area contributed by atoms with Crippen LogP contribution in [0.25, 0.3) is 0 Å². The molecule has 10 atom stereocenters. The van der Waals surface area contributed by atoms with Crippen LogP contribution >= 0.6 is 0 Å². The third kappa shape index (κ3) is 7.12. The highest BCUT2D eigenvalue weighted by Crippen LogP contribution is 2.74. The fourth-order valence-corrected chi connectivity index (χ4v) is 14.9. The number of hydrogen-bond donors (Lipinski definition) is 2. The van der Waals surface area contributed by atoms with Crippen LogP contribution in [0.2, 0.25) is 0 Å². The summed E-state index contributed by atoms with van der Waals surface area (Å²) in [5.41, 5.74) is -0.236. The molecule has 1 aromatic carbocycles. The average molecular weight is 767 g/mol. The molecule has 1 aromatic rings. The van der Waals surface area contributed by atoms with Gasteiger partial charge in [0.15, 0.2) is 0 Å². The van der Waals surface area contributed by atoms with Crippen LogP contribution in [0.5, 0.6) is 0 Å². The minimum Gasteiger partial charge on any atom is -0.462 e. The van der Waals surface area contributed by atoms with Crippen LogP contribution < -0.4 is 0 Å². The molecule has 0 radical (unpaired) electrons. The number of aliphatic hydroxyl groups is 2. The van der Waals surface area contributed by atoms with Crippen LogP contribution in [0, 0.1) is 56.7 Å². The first kappa shape index (κ1) is 40.2. The van der Waals surface area contributed by atoms with Crippen molar-refractivity contribution in [3.63, 3.8) is 0 Å². The third-order valence-corrected chi connectivity index (χ3v) is 17.6. The first-order chi connectivity index (χ1) is 26.8. The van der Waals surface area contributed by atoms with Gasteiger partial charge in [-0.25, -0.2) is 4.79 Å². The van der Waals surface area contributed by atoms with Crippen LogP contribution in [0.4, 0.5) is 0 Å². The largest absolute Gasteiger partial charge is 0.462 e. The van der Waals surface area contributed by atoms with Gasteiger partial charge in [-0.3, -0.25) is 4.79 Å². The lowest BCUT2D eigenvalue weighted by Gasteiger charge is -2.71. The summed E-state index contributed by atoms with van der Waals surface area (Å²) in [6, 6.07) is 10.7. The normalized spacial score (nSPS) is 40.6. The quantitative estimate of drug-likeness (QED) is 0.163. The van der Waals surface area contributed by atoms with Gasteiger partial charge in [0.2, 0.25) is 0 Å². The zero-order valence-electron chi connectivity index (χ0n) is 34.8. The number of aryl methyl sites for hydroxylation is 1. The first-order valence-electron chi connectivity index (χ1n) is 22.8. The van der Waals surface area contributed by atoms with Crippen LogP contribution in [0.1, 0.15) is 168 Å². The molecule has 6 heteroatoms. The van der Waals surface area contributed by atoms with E-state index in [1.807, 2.05) is 0 Å². The van der Waals surface area contributed by atoms with Gasteiger partial charge in [-0.1, -0.05) is 82.2 Å². The first-order valence-corrected chi connectivity index (χ1v) is 22.8. The minimum absolute atomic E-state index is 0.198. The highest BCUT2D eigenvalue weighted by molar-refractivity contribution is 5.85. The zero-order valence-corrected chi connectivity index (χ0v) is 34.8. The fraction of sp³-hybridized carbons (Fsp3) is 0.760. The number of carbonyl (C=O) groups is 2. The zero-order chi connectivity index (χ0) is 39.2. The average Bonchev–Trinajstić information content (AvgIpc) is 4.00. The Morgan fingerprint density at radius 3 is 2.43 bits per heavy atom. The molecule has 0 aromatic heterocycles. The number of carbonyl (C=O) groups excluding carboxylic acids is 2. The minimum atomic E-state index is -1.38. The Morgan fingerprint density at radius 2 is 1.66 bits per heavy atom. The van der Waals surface area contributed by atoms with Crippen molar-refractivity contribution in [2.45, 2.75) is 186 Å². The van der Waals surface area contributed by atoms with Gasteiger partial charge in [0.25, 0.3) is 0 Å². The maximum atomic E-state index is 14.1. The summed E-state index contributed by atoms with van der Waals surface area (Å²) < 4.78 is 12.0. The number of rotatable bonds is 12. The number of cyclic esters (lactones) is 1. The van der Waals surface area contributed by atoms with E-state index >= 15 is 0 Å². The molecule has 2 heterocycles. The van der Waals surface area contributed by atoms with Gasteiger partial charge in [-0.2, -0.15) is 0 Å². The fourth-order valence-electron chi connectivity index (χ4n) is 14.9. The van der Waals surface area contributed by atoms with Crippen LogP contribution in [0.3, 0.4) is 0 Å². The second-order valence-electron chi connectivity index (χ2n) is 20.9. The van der Waals surface area contributed by atoms with E-state index in [-0.39, 0.29) is 36.3 Å². The van der Waals surface area contributed by atoms with E-state index in [1.165, 1.54) is 69.8 Å². The Bertz CT molecular complexity index is 1700. The molecular weight excluding hydrogens is 697 g/mol. The predicted octanol–water partition coefficient (Wildman–Crippen LogP) is 10.2. The molecule has 6 nitrogen and oxygen atoms in total. The van der Waals surface area contributed by atoms with E-state index < -0.39 is 28.6 Å². The maximum Gasteiger partial charge on any atom is 0.331 e. The van der Waals surface area contributed by atoms with Gasteiger partial charge in [0, 0.05) is 30.3 Å². The Hall–Kier alpha value is -2.62. The predicted molar refractivity (Wildman–Crippen MR) is 219 cm³/mol. The van der Waals surface area contributed by atoms with Crippen molar-refractivity contribution in [2.75, 3.05) is 6.61 Å². The molecule has 0 saturated heterocycles. The van der Waals surface area contributed by atoms with Gasteiger partial charge in [-0.05, 0) is 142 Å². The highest BCUT2D eigenvalue weighted by Gasteiger charge is 2.75. The topological polar surface area (TPSA) is 93.1 Å². The molecule has 2 N–H and O–H groups in total. The lowest BCUT2D eigenvalue weighted by atomic mass is 9.36. The highest BCUT2D eigenvalue weighted by atomic mass is 16.5. The molecule has 56 heavy (non-hydrogen) atoms. The van der Waals surface area contributed by atoms with Crippen LogP contribution in [-0.4, -0.2) is 46.6 Å². The maximum absolute atomic E-state index is 14.1. The number of aliphatic hydroxyl groups excluding tert-OH is 1. The summed E-state index contributed by atoms with van der Waals surface area (Å²) in [5, 5.41) is 27.0. The van der Waals surface area contributed by atoms with Crippen LogP contribution in [0.15, 0.2) is 42.0 Å². The second kappa shape index (κ2) is 15.5. The van der Waals surface area contributed by atoms with Gasteiger partial charge in [-0.15, -0.1) is 5.92 Å². The summed E-state index contributed by atoms with van der Waals surface area (Å²) >= 11 is 0. The summed E-state index contributed by atoms with van der Waals surface area (Å²) in [6.45, 7) is 7.18. The Kier molecular flexibility index (Phi) is 11.1. The van der Waals surface area contributed by atoms with E-state index in [2.05, 4.69) is 62.9 Å². The van der Waals surface area contributed by atoms with Crippen molar-refractivity contribution in [2.24, 2.45) is 44.8 Å². The molecule has 2 spiro atoms. The SMILES string of the molecule is CC(CCCc1ccccc1)CCCC12C(O)CCC(C)(C3CCC4(CCC5(CCCC5)C4)C3)C1C1CC(C)(C#CCCC(=O)O1)C2(O)CCC1=CC(=O)OC1. The monoisotopic (exact) mass is 767 g/mol. The van der Waals surface area contributed by atoms with Crippen LogP contribution in [-0.2, 0) is 25.5 Å². The number of hydrogen-bond acceptors (Lipinski definition) is 6. The van der Waals surface area contributed by atoms with Crippen molar-refractivity contribution in [1.29, 1.82) is 0 Å². The molecule has 5 fully saturated rings. The molecular formula is C50H70O6. The number of ether oxygens (including phenoxy) is 2. The summed E-state index contributed by atoms with van der Waals surface area (Å²) in [7, 11) is 0. The lowest BCUT2D eigenvalue weighted by molar-refractivity contribution is -0.313. The standard InChI is InChI=1S/C50H70O6/c1-36(13-11-17-37-15-5-4-6-16-37)14-12-25-49-41(51)21-26-46(3,39-20-27-48(32-39)30-29-47(35-48)23-9-10-24-47)44(49)40-33-45(2,22-8-7-18-42(52)56-40)50(49,54)28-19-38-31-43(53)55-34-38/h4-6,15-16,31,36,39-41,44,51,54H,7,9-14,17-21,23-30,32-35H2,1-3H3. The van der Waals surface area contributed by atoms with E-state index in [1.54, 1.807) is 6.08 Å². The van der Waals surface area contributed by atoms with Crippen molar-refractivity contribution < 1.29 is 29.3 Å². The van der Waals surface area contributed by atoms with E-state index in [0.29, 0.717) is 61.2 Å².